The molecule has 0 unspecified atom stereocenters. The van der Waals surface area contributed by atoms with Crippen LogP contribution in [0, 0.1) is 0 Å². The van der Waals surface area contributed by atoms with Crippen LogP contribution in [0.1, 0.15) is 0 Å². The van der Waals surface area contributed by atoms with Crippen molar-refractivity contribution in [2.24, 2.45) is 0 Å². The molecule has 0 saturated heterocycles. The van der Waals surface area contributed by atoms with Gasteiger partial charge in [-0.2, -0.15) is 8.42 Å². The third-order valence-electron chi connectivity index (χ3n) is 1.44. The molecule has 0 saturated carbocycles. The van der Waals surface area contributed by atoms with Crippen molar-refractivity contribution in [1.82, 2.24) is 4.72 Å². The maximum absolute atomic E-state index is 11.1. The predicted octanol–water partition coefficient (Wildman–Crippen LogP) is 1.98. The Morgan fingerprint density at radius 3 is 2.57 bits per heavy atom. The standard InChI is InChI=1S/C7H8BrClN2O2S/c1-10-14(12,13)11-7-3-2-5(9)4-6(7)8/h2-4,10-11H,1H3. The molecule has 0 aromatic heterocycles. The maximum Gasteiger partial charge on any atom is 0.298 e. The van der Waals surface area contributed by atoms with Gasteiger partial charge in [-0.25, -0.2) is 4.72 Å². The highest BCUT2D eigenvalue weighted by atomic mass is 79.9. The summed E-state index contributed by atoms with van der Waals surface area (Å²) in [7, 11) is -2.16. The summed E-state index contributed by atoms with van der Waals surface area (Å²) in [6.45, 7) is 0. The number of rotatable bonds is 3. The van der Waals surface area contributed by atoms with E-state index in [4.69, 9.17) is 11.6 Å². The first-order valence-corrected chi connectivity index (χ1v) is 6.26. The summed E-state index contributed by atoms with van der Waals surface area (Å²) in [4.78, 5) is 0. The number of hydrogen-bond acceptors (Lipinski definition) is 2. The Labute approximate surface area is 96.0 Å². The lowest BCUT2D eigenvalue weighted by molar-refractivity contribution is 0.593. The Bertz CT molecular complexity index is 435. The molecule has 1 rings (SSSR count). The van der Waals surface area contributed by atoms with E-state index in [1.807, 2.05) is 0 Å². The van der Waals surface area contributed by atoms with Gasteiger partial charge in [0, 0.05) is 16.5 Å². The highest BCUT2D eigenvalue weighted by Crippen LogP contribution is 2.26. The van der Waals surface area contributed by atoms with Crippen LogP contribution in [0.25, 0.3) is 0 Å². The normalized spacial score (nSPS) is 11.4. The predicted molar refractivity (Wildman–Crippen MR) is 60.8 cm³/mol. The molecule has 1 aromatic carbocycles. The van der Waals surface area contributed by atoms with Crippen LogP contribution >= 0.6 is 27.5 Å². The third kappa shape index (κ3) is 3.13. The zero-order chi connectivity index (χ0) is 10.8. The van der Waals surface area contributed by atoms with Crippen LogP contribution in [0.3, 0.4) is 0 Å². The molecule has 1 aromatic rings. The van der Waals surface area contributed by atoms with Crippen LogP contribution < -0.4 is 9.44 Å². The number of hydrogen-bond donors (Lipinski definition) is 2. The largest absolute Gasteiger partial charge is 0.298 e. The fourth-order valence-corrected chi connectivity index (χ4v) is 2.25. The minimum Gasteiger partial charge on any atom is -0.270 e. The molecule has 2 N–H and O–H groups in total. The molecule has 0 amide bonds. The Kier molecular flexibility index (Phi) is 3.77. The van der Waals surface area contributed by atoms with Crippen molar-refractivity contribution in [3.63, 3.8) is 0 Å². The number of benzene rings is 1. The highest BCUT2D eigenvalue weighted by Gasteiger charge is 2.08. The Morgan fingerprint density at radius 1 is 1.43 bits per heavy atom. The van der Waals surface area contributed by atoms with E-state index in [1.54, 1.807) is 18.2 Å². The fourth-order valence-electron chi connectivity index (χ4n) is 0.768. The monoisotopic (exact) mass is 298 g/mol. The summed E-state index contributed by atoms with van der Waals surface area (Å²) in [6, 6.07) is 4.77. The average Bonchev–Trinajstić information content (AvgIpc) is 2.10. The molecule has 7 heteroatoms. The van der Waals surface area contributed by atoms with Gasteiger partial charge in [0.25, 0.3) is 10.2 Å². The maximum atomic E-state index is 11.1. The topological polar surface area (TPSA) is 58.2 Å². The van der Waals surface area contributed by atoms with Gasteiger partial charge in [-0.15, -0.1) is 0 Å². The molecule has 0 radical (unpaired) electrons. The lowest BCUT2D eigenvalue weighted by atomic mass is 10.3. The van der Waals surface area contributed by atoms with Gasteiger partial charge < -0.3 is 0 Å². The van der Waals surface area contributed by atoms with Gasteiger partial charge in [0.05, 0.1) is 5.69 Å². The number of halogens is 2. The second-order valence-electron chi connectivity index (χ2n) is 2.43. The summed E-state index contributed by atoms with van der Waals surface area (Å²) in [6.07, 6.45) is 0. The van der Waals surface area contributed by atoms with Gasteiger partial charge in [-0.05, 0) is 34.1 Å². The fraction of sp³-hybridized carbons (Fsp3) is 0.143. The molecule has 0 aliphatic heterocycles. The van der Waals surface area contributed by atoms with Crippen molar-refractivity contribution < 1.29 is 8.42 Å². The van der Waals surface area contributed by atoms with Gasteiger partial charge in [0.15, 0.2) is 0 Å². The van der Waals surface area contributed by atoms with Gasteiger partial charge >= 0.3 is 0 Å². The smallest absolute Gasteiger partial charge is 0.270 e. The first-order chi connectivity index (χ1) is 6.44. The zero-order valence-corrected chi connectivity index (χ0v) is 10.4. The van der Waals surface area contributed by atoms with Crippen molar-refractivity contribution in [1.29, 1.82) is 0 Å². The molecule has 0 atom stereocenters. The molecule has 0 fully saturated rings. The Hall–Kier alpha value is -0.300. The lowest BCUT2D eigenvalue weighted by Gasteiger charge is -2.08. The molecular formula is C7H8BrClN2O2S. The molecular weight excluding hydrogens is 292 g/mol. The van der Waals surface area contributed by atoms with Crippen LogP contribution in [0.2, 0.25) is 5.02 Å². The van der Waals surface area contributed by atoms with E-state index in [0.717, 1.165) is 0 Å². The zero-order valence-electron chi connectivity index (χ0n) is 7.21. The van der Waals surface area contributed by atoms with Crippen LogP contribution in [0.15, 0.2) is 22.7 Å². The van der Waals surface area contributed by atoms with E-state index >= 15 is 0 Å². The molecule has 0 heterocycles. The van der Waals surface area contributed by atoms with E-state index in [0.29, 0.717) is 15.2 Å². The van der Waals surface area contributed by atoms with Crippen LogP contribution in [0.4, 0.5) is 5.69 Å². The van der Waals surface area contributed by atoms with Crippen molar-refractivity contribution in [3.8, 4) is 0 Å². The molecule has 0 bridgehead atoms. The molecule has 78 valence electrons. The van der Waals surface area contributed by atoms with Crippen LogP contribution in [0.5, 0.6) is 0 Å². The number of anilines is 1. The lowest BCUT2D eigenvalue weighted by Crippen LogP contribution is -2.26. The first kappa shape index (κ1) is 11.8. The van der Waals surface area contributed by atoms with E-state index in [9.17, 15) is 8.42 Å². The number of nitrogens with one attached hydrogen (secondary N) is 2. The van der Waals surface area contributed by atoms with Crippen LogP contribution in [-0.4, -0.2) is 15.5 Å². The van der Waals surface area contributed by atoms with Crippen molar-refractivity contribution >= 4 is 43.4 Å². The Morgan fingerprint density at radius 2 is 2.07 bits per heavy atom. The van der Waals surface area contributed by atoms with Gasteiger partial charge in [0.1, 0.15) is 0 Å². The van der Waals surface area contributed by atoms with Gasteiger partial charge in [0.2, 0.25) is 0 Å². The summed E-state index contributed by atoms with van der Waals surface area (Å²) in [5, 5.41) is 0.532. The molecule has 0 spiro atoms. The third-order valence-corrected chi connectivity index (χ3v) is 3.36. The second-order valence-corrected chi connectivity index (χ2v) is 5.34. The summed E-state index contributed by atoms with van der Waals surface area (Å²) >= 11 is 8.89. The van der Waals surface area contributed by atoms with E-state index in [-0.39, 0.29) is 0 Å². The summed E-state index contributed by atoms with van der Waals surface area (Å²) in [5.74, 6) is 0. The van der Waals surface area contributed by atoms with Crippen molar-refractivity contribution in [2.75, 3.05) is 11.8 Å². The van der Waals surface area contributed by atoms with Crippen molar-refractivity contribution in [3.05, 3.63) is 27.7 Å². The minimum absolute atomic E-state index is 0.434. The quantitative estimate of drug-likeness (QED) is 0.896. The van der Waals surface area contributed by atoms with E-state index < -0.39 is 10.2 Å². The SMILES string of the molecule is CNS(=O)(=O)Nc1ccc(Cl)cc1Br. The molecule has 4 nitrogen and oxygen atoms in total. The average molecular weight is 300 g/mol. The van der Waals surface area contributed by atoms with Gasteiger partial charge in [-0.3, -0.25) is 4.72 Å². The summed E-state index contributed by atoms with van der Waals surface area (Å²) < 4.78 is 27.3. The van der Waals surface area contributed by atoms with Gasteiger partial charge in [-0.1, -0.05) is 11.6 Å². The highest BCUT2D eigenvalue weighted by molar-refractivity contribution is 9.10. The second kappa shape index (κ2) is 4.48. The Balaban J connectivity index is 2.99. The molecule has 0 aliphatic rings. The summed E-state index contributed by atoms with van der Waals surface area (Å²) in [5.41, 5.74) is 0.434. The van der Waals surface area contributed by atoms with Crippen molar-refractivity contribution in [2.45, 2.75) is 0 Å². The molecule has 0 aliphatic carbocycles. The van der Waals surface area contributed by atoms with E-state index in [1.165, 1.54) is 7.05 Å². The van der Waals surface area contributed by atoms with Crippen LogP contribution in [-0.2, 0) is 10.2 Å². The first-order valence-electron chi connectivity index (χ1n) is 3.61. The van der Waals surface area contributed by atoms with E-state index in [2.05, 4.69) is 25.4 Å². The molecule has 14 heavy (non-hydrogen) atoms. The minimum atomic E-state index is -3.48.